The second-order valence-electron chi connectivity index (χ2n) is 8.56. The second kappa shape index (κ2) is 8.54. The molecule has 0 amide bonds. The average Bonchev–Trinajstić information content (AvgIpc) is 3.20. The molecule has 4 atom stereocenters. The first-order valence-electron chi connectivity index (χ1n) is 11.2. The fourth-order valence-corrected chi connectivity index (χ4v) is 10.1. The molecule has 0 saturated carbocycles. The van der Waals surface area contributed by atoms with Gasteiger partial charge in [0.15, 0.2) is 0 Å². The van der Waals surface area contributed by atoms with Crippen LogP contribution in [0.2, 0.25) is 0 Å². The van der Waals surface area contributed by atoms with Crippen molar-refractivity contribution in [3.05, 3.63) is 138 Å². The van der Waals surface area contributed by atoms with E-state index in [1.54, 1.807) is 0 Å². The van der Waals surface area contributed by atoms with Gasteiger partial charge in [-0.3, -0.25) is 0 Å². The van der Waals surface area contributed by atoms with Crippen LogP contribution in [-0.2, 0) is 9.72 Å². The SMILES string of the molecule is O=[P@@]1(c2ccccc2)[C@H](c2ccccc2)CC[C@@]1(c1ccccc1)C(O)c1ccccc1. The highest BCUT2D eigenvalue weighted by molar-refractivity contribution is 7.73. The summed E-state index contributed by atoms with van der Waals surface area (Å²) < 4.78 is 15.7. The maximum Gasteiger partial charge on any atom is 0.135 e. The number of hydrogen-bond acceptors (Lipinski definition) is 2. The molecule has 1 fully saturated rings. The summed E-state index contributed by atoms with van der Waals surface area (Å²) in [5, 5.41) is 11.9. The fourth-order valence-electron chi connectivity index (χ4n) is 5.54. The summed E-state index contributed by atoms with van der Waals surface area (Å²) in [6, 6.07) is 39.8. The standard InChI is InChI=1S/C29H27O2P/c30-28(24-15-7-2-8-16-24)29(25-17-9-3-10-18-25)22-21-27(23-13-5-1-6-14-23)32(29,31)26-19-11-4-12-20-26/h1-20,27-28,30H,21-22H2/t27-,28?,29+,32-/m0/s1. The lowest BCUT2D eigenvalue weighted by molar-refractivity contribution is 0.121. The molecule has 4 aromatic carbocycles. The van der Waals surface area contributed by atoms with Crippen molar-refractivity contribution in [1.29, 1.82) is 0 Å². The van der Waals surface area contributed by atoms with Crippen LogP contribution in [0.1, 0.15) is 41.3 Å². The lowest BCUT2D eigenvalue weighted by atomic mass is 9.84. The van der Waals surface area contributed by atoms with E-state index in [1.165, 1.54) is 0 Å². The molecule has 1 aliphatic rings. The van der Waals surface area contributed by atoms with E-state index in [0.29, 0.717) is 6.42 Å². The quantitative estimate of drug-likeness (QED) is 0.346. The Labute approximate surface area is 190 Å². The van der Waals surface area contributed by atoms with Crippen LogP contribution in [-0.4, -0.2) is 5.11 Å². The van der Waals surface area contributed by atoms with Crippen LogP contribution in [0, 0.1) is 0 Å². The molecule has 1 N–H and O–H groups in total. The Morgan fingerprint density at radius 2 is 1.22 bits per heavy atom. The van der Waals surface area contributed by atoms with E-state index in [4.69, 9.17) is 0 Å². The first-order chi connectivity index (χ1) is 15.7. The molecule has 32 heavy (non-hydrogen) atoms. The second-order valence-corrected chi connectivity index (χ2v) is 11.8. The number of rotatable bonds is 5. The molecule has 0 radical (unpaired) electrons. The molecule has 3 heteroatoms. The number of aliphatic hydroxyl groups excluding tert-OH is 1. The number of hydrogen-bond donors (Lipinski definition) is 1. The number of benzene rings is 4. The average molecular weight is 439 g/mol. The summed E-state index contributed by atoms with van der Waals surface area (Å²) in [6.45, 7) is 0. The van der Waals surface area contributed by atoms with Gasteiger partial charge in [0.05, 0.1) is 11.3 Å². The van der Waals surface area contributed by atoms with E-state index in [9.17, 15) is 5.11 Å². The van der Waals surface area contributed by atoms with E-state index in [-0.39, 0.29) is 5.66 Å². The van der Waals surface area contributed by atoms with Gasteiger partial charge in [-0.15, -0.1) is 0 Å². The minimum atomic E-state index is -3.19. The highest BCUT2D eigenvalue weighted by Gasteiger charge is 2.62. The zero-order chi connectivity index (χ0) is 22.0. The molecule has 0 aromatic heterocycles. The predicted molar refractivity (Wildman–Crippen MR) is 132 cm³/mol. The largest absolute Gasteiger partial charge is 0.387 e. The van der Waals surface area contributed by atoms with Gasteiger partial charge < -0.3 is 9.67 Å². The summed E-state index contributed by atoms with van der Waals surface area (Å²) in [7, 11) is -3.19. The highest BCUT2D eigenvalue weighted by Crippen LogP contribution is 2.81. The van der Waals surface area contributed by atoms with Crippen LogP contribution in [0.5, 0.6) is 0 Å². The summed E-state index contributed by atoms with van der Waals surface area (Å²) in [5.74, 6) is 0. The molecule has 1 heterocycles. The van der Waals surface area contributed by atoms with Crippen LogP contribution >= 0.6 is 7.14 Å². The molecule has 4 aromatic rings. The molecule has 1 saturated heterocycles. The zero-order valence-corrected chi connectivity index (χ0v) is 18.8. The van der Waals surface area contributed by atoms with Crippen LogP contribution in [0.3, 0.4) is 0 Å². The minimum Gasteiger partial charge on any atom is -0.387 e. The van der Waals surface area contributed by atoms with Gasteiger partial charge in [-0.25, -0.2) is 0 Å². The predicted octanol–water partition coefficient (Wildman–Crippen LogP) is 6.84. The third-order valence-corrected chi connectivity index (χ3v) is 11.4. The normalized spacial score (nSPS) is 26.0. The first-order valence-corrected chi connectivity index (χ1v) is 12.9. The molecule has 160 valence electrons. The van der Waals surface area contributed by atoms with E-state index in [2.05, 4.69) is 12.1 Å². The van der Waals surface area contributed by atoms with E-state index < -0.39 is 18.4 Å². The third kappa shape index (κ3) is 3.18. The Balaban J connectivity index is 1.81. The summed E-state index contributed by atoms with van der Waals surface area (Å²) >= 11 is 0. The van der Waals surface area contributed by atoms with Crippen molar-refractivity contribution in [2.75, 3.05) is 0 Å². The van der Waals surface area contributed by atoms with E-state index in [0.717, 1.165) is 28.4 Å². The molecule has 0 aliphatic carbocycles. The fraction of sp³-hybridized carbons (Fsp3) is 0.172. The summed E-state index contributed by atoms with van der Waals surface area (Å²) in [4.78, 5) is 0. The Bertz CT molecular complexity index is 1210. The van der Waals surface area contributed by atoms with Crippen LogP contribution in [0.15, 0.2) is 121 Å². The minimum absolute atomic E-state index is 0.148. The maximum atomic E-state index is 15.7. The van der Waals surface area contributed by atoms with Gasteiger partial charge in [0.2, 0.25) is 0 Å². The zero-order valence-electron chi connectivity index (χ0n) is 17.9. The molecule has 0 spiro atoms. The van der Waals surface area contributed by atoms with E-state index >= 15 is 4.57 Å². The van der Waals surface area contributed by atoms with Crippen molar-refractivity contribution in [3.63, 3.8) is 0 Å². The molecular weight excluding hydrogens is 411 g/mol. The molecule has 1 unspecified atom stereocenters. The van der Waals surface area contributed by atoms with Gasteiger partial charge in [-0.1, -0.05) is 121 Å². The van der Waals surface area contributed by atoms with E-state index in [1.807, 2.05) is 109 Å². The van der Waals surface area contributed by atoms with Crippen molar-refractivity contribution in [1.82, 2.24) is 0 Å². The molecule has 2 nitrogen and oxygen atoms in total. The van der Waals surface area contributed by atoms with Gasteiger partial charge in [-0.2, -0.15) is 0 Å². The molecule has 1 aliphatic heterocycles. The third-order valence-electron chi connectivity index (χ3n) is 7.00. The van der Waals surface area contributed by atoms with Crippen LogP contribution in [0.4, 0.5) is 0 Å². The first kappa shape index (κ1) is 20.9. The highest BCUT2D eigenvalue weighted by atomic mass is 31.2. The Morgan fingerprint density at radius 1 is 0.719 bits per heavy atom. The molecule has 0 bridgehead atoms. The Hall–Kier alpha value is -2.93. The summed E-state index contributed by atoms with van der Waals surface area (Å²) in [5.41, 5.74) is 2.69. The van der Waals surface area contributed by atoms with Crippen molar-refractivity contribution in [2.24, 2.45) is 0 Å². The van der Waals surface area contributed by atoms with Crippen molar-refractivity contribution in [3.8, 4) is 0 Å². The maximum absolute atomic E-state index is 15.7. The van der Waals surface area contributed by atoms with Gasteiger partial charge >= 0.3 is 0 Å². The van der Waals surface area contributed by atoms with Crippen LogP contribution < -0.4 is 5.30 Å². The monoisotopic (exact) mass is 438 g/mol. The number of aliphatic hydroxyl groups is 1. The Kier molecular flexibility index (Phi) is 5.59. The van der Waals surface area contributed by atoms with Gasteiger partial charge in [-0.05, 0) is 29.5 Å². The van der Waals surface area contributed by atoms with Crippen molar-refractivity contribution >= 4 is 12.4 Å². The topological polar surface area (TPSA) is 37.3 Å². The van der Waals surface area contributed by atoms with Crippen LogP contribution in [0.25, 0.3) is 0 Å². The Morgan fingerprint density at radius 3 is 1.81 bits per heavy atom. The molecule has 5 rings (SSSR count). The smallest absolute Gasteiger partial charge is 0.135 e. The lowest BCUT2D eigenvalue weighted by Gasteiger charge is -2.42. The van der Waals surface area contributed by atoms with Gasteiger partial charge in [0, 0.05) is 11.0 Å². The lowest BCUT2D eigenvalue weighted by Crippen LogP contribution is -2.35. The summed E-state index contributed by atoms with van der Waals surface area (Å²) in [6.07, 6.45) is 0.527. The molecular formula is C29H27O2P. The van der Waals surface area contributed by atoms with Gasteiger partial charge in [0.25, 0.3) is 0 Å². The van der Waals surface area contributed by atoms with Gasteiger partial charge in [0.1, 0.15) is 7.14 Å². The van der Waals surface area contributed by atoms with Crippen molar-refractivity contribution < 1.29 is 9.67 Å². The van der Waals surface area contributed by atoms with Crippen molar-refractivity contribution in [2.45, 2.75) is 29.8 Å².